The van der Waals surface area contributed by atoms with E-state index in [2.05, 4.69) is 23.6 Å². The Hall–Kier alpha value is -2.16. The lowest BCUT2D eigenvalue weighted by atomic mass is 10.1. The van der Waals surface area contributed by atoms with Crippen molar-refractivity contribution in [3.05, 3.63) is 60.6 Å². The minimum absolute atomic E-state index is 0.246. The Labute approximate surface area is 113 Å². The number of rotatable bonds is 3. The van der Waals surface area contributed by atoms with Gasteiger partial charge < -0.3 is 14.1 Å². The highest BCUT2D eigenvalue weighted by Crippen LogP contribution is 2.38. The lowest BCUT2D eigenvalue weighted by Crippen LogP contribution is -2.22. The Morgan fingerprint density at radius 1 is 1.26 bits per heavy atom. The van der Waals surface area contributed by atoms with Gasteiger partial charge in [-0.3, -0.25) is 0 Å². The molecule has 2 aromatic rings. The van der Waals surface area contributed by atoms with E-state index in [4.69, 9.17) is 9.15 Å². The Morgan fingerprint density at radius 2 is 2.05 bits per heavy atom. The molecule has 1 fully saturated rings. The highest BCUT2D eigenvalue weighted by Gasteiger charge is 2.30. The van der Waals surface area contributed by atoms with E-state index in [0.29, 0.717) is 0 Å². The first-order chi connectivity index (χ1) is 9.28. The van der Waals surface area contributed by atoms with Gasteiger partial charge >= 0.3 is 0 Å². The summed E-state index contributed by atoms with van der Waals surface area (Å²) >= 11 is 0. The average molecular weight is 255 g/mol. The predicted octanol–water partition coefficient (Wildman–Crippen LogP) is 3.80. The van der Waals surface area contributed by atoms with Crippen LogP contribution in [-0.4, -0.2) is 13.7 Å². The van der Waals surface area contributed by atoms with Gasteiger partial charge in [0.1, 0.15) is 11.5 Å². The zero-order valence-electron chi connectivity index (χ0n) is 11.0. The van der Waals surface area contributed by atoms with Crippen molar-refractivity contribution in [2.45, 2.75) is 12.5 Å². The van der Waals surface area contributed by atoms with E-state index in [1.54, 1.807) is 13.4 Å². The first kappa shape index (κ1) is 11.9. The maximum Gasteiger partial charge on any atom is 0.126 e. The molecule has 1 saturated heterocycles. The Kier molecular flexibility index (Phi) is 3.03. The molecule has 0 radical (unpaired) electrons. The van der Waals surface area contributed by atoms with Crippen molar-refractivity contribution in [1.82, 2.24) is 0 Å². The fourth-order valence-corrected chi connectivity index (χ4v) is 2.58. The Balaban J connectivity index is 1.90. The molecule has 0 spiro atoms. The lowest BCUT2D eigenvalue weighted by molar-refractivity contribution is 0.414. The summed E-state index contributed by atoms with van der Waals surface area (Å²) in [5, 5.41) is 0. The van der Waals surface area contributed by atoms with Crippen molar-refractivity contribution in [2.75, 3.05) is 18.6 Å². The molecule has 3 heteroatoms. The molecule has 0 N–H and O–H groups in total. The van der Waals surface area contributed by atoms with Gasteiger partial charge in [0.15, 0.2) is 0 Å². The molecule has 1 aromatic heterocycles. The second-order valence-electron chi connectivity index (χ2n) is 4.81. The standard InChI is InChI=1S/C16H17NO2/c1-12-10-15(16-4-3-9-19-16)17(11-12)13-5-7-14(18-2)8-6-13/h3-9,15H,1,10-11H2,2H3. The number of hydrogen-bond donors (Lipinski definition) is 0. The molecule has 1 aliphatic heterocycles. The van der Waals surface area contributed by atoms with Crippen molar-refractivity contribution in [2.24, 2.45) is 0 Å². The number of hydrogen-bond acceptors (Lipinski definition) is 3. The maximum absolute atomic E-state index is 5.55. The lowest BCUT2D eigenvalue weighted by Gasteiger charge is -2.25. The van der Waals surface area contributed by atoms with Crippen LogP contribution in [0.5, 0.6) is 5.75 Å². The Morgan fingerprint density at radius 3 is 2.68 bits per heavy atom. The summed E-state index contributed by atoms with van der Waals surface area (Å²) in [5.41, 5.74) is 2.40. The van der Waals surface area contributed by atoms with Crippen LogP contribution < -0.4 is 9.64 Å². The largest absolute Gasteiger partial charge is 0.497 e. The fraction of sp³-hybridized carbons (Fsp3) is 0.250. The third kappa shape index (κ3) is 2.24. The predicted molar refractivity (Wildman–Crippen MR) is 75.5 cm³/mol. The number of nitrogens with zero attached hydrogens (tertiary/aromatic N) is 1. The summed E-state index contributed by atoms with van der Waals surface area (Å²) in [6, 6.07) is 12.3. The highest BCUT2D eigenvalue weighted by atomic mass is 16.5. The molecule has 98 valence electrons. The van der Waals surface area contributed by atoms with Crippen LogP contribution in [0.15, 0.2) is 59.2 Å². The summed E-state index contributed by atoms with van der Waals surface area (Å²) in [7, 11) is 1.68. The maximum atomic E-state index is 5.55. The summed E-state index contributed by atoms with van der Waals surface area (Å²) in [6.45, 7) is 4.99. The van der Waals surface area contributed by atoms with Crippen molar-refractivity contribution in [3.63, 3.8) is 0 Å². The van der Waals surface area contributed by atoms with Crippen molar-refractivity contribution in [1.29, 1.82) is 0 Å². The minimum Gasteiger partial charge on any atom is -0.497 e. The molecular weight excluding hydrogens is 238 g/mol. The zero-order valence-corrected chi connectivity index (χ0v) is 11.0. The monoisotopic (exact) mass is 255 g/mol. The molecule has 1 aliphatic rings. The zero-order chi connectivity index (χ0) is 13.2. The average Bonchev–Trinajstić information content (AvgIpc) is 3.07. The van der Waals surface area contributed by atoms with Gasteiger partial charge in [0.25, 0.3) is 0 Å². The van der Waals surface area contributed by atoms with Gasteiger partial charge in [-0.2, -0.15) is 0 Å². The van der Waals surface area contributed by atoms with E-state index in [-0.39, 0.29) is 6.04 Å². The molecule has 0 saturated carbocycles. The van der Waals surface area contributed by atoms with Gasteiger partial charge in [-0.25, -0.2) is 0 Å². The van der Waals surface area contributed by atoms with Gasteiger partial charge in [0.2, 0.25) is 0 Å². The molecule has 1 unspecified atom stereocenters. The topological polar surface area (TPSA) is 25.6 Å². The molecular formula is C16H17NO2. The van der Waals surface area contributed by atoms with Crippen molar-refractivity contribution < 1.29 is 9.15 Å². The second-order valence-corrected chi connectivity index (χ2v) is 4.81. The molecule has 3 rings (SSSR count). The number of benzene rings is 1. The van der Waals surface area contributed by atoms with Gasteiger partial charge in [-0.15, -0.1) is 0 Å². The van der Waals surface area contributed by atoms with Crippen LogP contribution in [0.25, 0.3) is 0 Å². The smallest absolute Gasteiger partial charge is 0.126 e. The van der Waals surface area contributed by atoms with Gasteiger partial charge in [-0.05, 0) is 42.8 Å². The van der Waals surface area contributed by atoms with Gasteiger partial charge in [-0.1, -0.05) is 12.2 Å². The van der Waals surface area contributed by atoms with Crippen LogP contribution in [0.2, 0.25) is 0 Å². The highest BCUT2D eigenvalue weighted by molar-refractivity contribution is 5.53. The normalized spacial score (nSPS) is 18.9. The number of methoxy groups -OCH3 is 1. The van der Waals surface area contributed by atoms with E-state index < -0.39 is 0 Å². The minimum atomic E-state index is 0.246. The quantitative estimate of drug-likeness (QED) is 0.780. The van der Waals surface area contributed by atoms with Gasteiger partial charge in [0, 0.05) is 12.2 Å². The van der Waals surface area contributed by atoms with Crippen molar-refractivity contribution >= 4 is 5.69 Å². The molecule has 19 heavy (non-hydrogen) atoms. The van der Waals surface area contributed by atoms with Crippen LogP contribution >= 0.6 is 0 Å². The molecule has 0 amide bonds. The first-order valence-electron chi connectivity index (χ1n) is 6.38. The summed E-state index contributed by atoms with van der Waals surface area (Å²) < 4.78 is 10.8. The number of anilines is 1. The van der Waals surface area contributed by atoms with E-state index >= 15 is 0 Å². The van der Waals surface area contributed by atoms with Crippen molar-refractivity contribution in [3.8, 4) is 5.75 Å². The van der Waals surface area contributed by atoms with Crippen LogP contribution in [0.4, 0.5) is 5.69 Å². The number of ether oxygens (including phenoxy) is 1. The van der Waals surface area contributed by atoms with Crippen LogP contribution in [-0.2, 0) is 0 Å². The Bertz CT molecular complexity index is 557. The molecule has 0 bridgehead atoms. The molecule has 2 heterocycles. The number of furan rings is 1. The fourth-order valence-electron chi connectivity index (χ4n) is 2.58. The SMILES string of the molecule is C=C1CC(c2ccco2)N(c2ccc(OC)cc2)C1. The summed E-state index contributed by atoms with van der Waals surface area (Å²) in [5.74, 6) is 1.87. The molecule has 1 aromatic carbocycles. The third-order valence-corrected chi connectivity index (χ3v) is 3.53. The molecule has 1 atom stereocenters. The third-order valence-electron chi connectivity index (χ3n) is 3.53. The second kappa shape index (κ2) is 4.84. The molecule has 3 nitrogen and oxygen atoms in total. The van der Waals surface area contributed by atoms with Crippen LogP contribution in [0, 0.1) is 0 Å². The summed E-state index contributed by atoms with van der Waals surface area (Å²) in [4.78, 5) is 2.32. The van der Waals surface area contributed by atoms with E-state index in [1.165, 1.54) is 11.3 Å². The van der Waals surface area contributed by atoms with Crippen LogP contribution in [0.3, 0.4) is 0 Å². The van der Waals surface area contributed by atoms with E-state index in [0.717, 1.165) is 24.5 Å². The van der Waals surface area contributed by atoms with Gasteiger partial charge in [0.05, 0.1) is 19.4 Å². The summed E-state index contributed by atoms with van der Waals surface area (Å²) in [6.07, 6.45) is 2.67. The van der Waals surface area contributed by atoms with Crippen LogP contribution in [0.1, 0.15) is 18.2 Å². The van der Waals surface area contributed by atoms with E-state index in [9.17, 15) is 0 Å². The molecule has 0 aliphatic carbocycles. The van der Waals surface area contributed by atoms with E-state index in [1.807, 2.05) is 24.3 Å². The first-order valence-corrected chi connectivity index (χ1v) is 6.38.